The predicted molar refractivity (Wildman–Crippen MR) is 72.4 cm³/mol. The molecule has 4 heteroatoms. The van der Waals surface area contributed by atoms with Gasteiger partial charge in [-0.2, -0.15) is 0 Å². The van der Waals surface area contributed by atoms with Gasteiger partial charge in [0.2, 0.25) is 0 Å². The molecule has 0 atom stereocenters. The van der Waals surface area contributed by atoms with E-state index in [0.717, 1.165) is 16.7 Å². The minimum atomic E-state index is -1.39. The molecule has 93 valence electrons. The number of para-hydroxylation sites is 1. The summed E-state index contributed by atoms with van der Waals surface area (Å²) in [7, 11) is 1.92. The third kappa shape index (κ3) is 3.19. The molecule has 2 aromatic rings. The molecule has 0 unspecified atom stereocenters. The van der Waals surface area contributed by atoms with E-state index in [9.17, 15) is 0 Å². The van der Waals surface area contributed by atoms with Crippen LogP contribution in [0, 0.1) is 0 Å². The molecular formula is C14H15O3Si. The van der Waals surface area contributed by atoms with Gasteiger partial charge in [0.1, 0.15) is 11.5 Å². The third-order valence-electron chi connectivity index (χ3n) is 2.42. The topological polar surface area (TPSA) is 27.7 Å². The fourth-order valence-corrected chi connectivity index (χ4v) is 2.76. The van der Waals surface area contributed by atoms with Crippen LogP contribution in [0.5, 0.6) is 11.5 Å². The van der Waals surface area contributed by atoms with Gasteiger partial charge in [-0.1, -0.05) is 30.3 Å². The standard InChI is InChI=1S/C14H15O3Si/c1-15-18(16-2)14-10-6-9-13(11-14)17-12-7-4-3-5-8-12/h3-11H,1-2H3. The Morgan fingerprint density at radius 1 is 0.778 bits per heavy atom. The summed E-state index contributed by atoms with van der Waals surface area (Å²) in [6, 6.07) is 17.5. The molecular weight excluding hydrogens is 244 g/mol. The van der Waals surface area contributed by atoms with Gasteiger partial charge in [-0.3, -0.25) is 0 Å². The van der Waals surface area contributed by atoms with Gasteiger partial charge in [0.25, 0.3) is 0 Å². The first-order chi connectivity index (χ1) is 8.83. The highest BCUT2D eigenvalue weighted by Gasteiger charge is 2.16. The summed E-state index contributed by atoms with van der Waals surface area (Å²) in [4.78, 5) is 0. The highest BCUT2D eigenvalue weighted by Crippen LogP contribution is 2.19. The van der Waals surface area contributed by atoms with Crippen molar-refractivity contribution in [2.45, 2.75) is 0 Å². The Morgan fingerprint density at radius 2 is 1.44 bits per heavy atom. The summed E-state index contributed by atoms with van der Waals surface area (Å²) in [5.41, 5.74) is 0. The molecule has 0 heterocycles. The maximum absolute atomic E-state index is 5.76. The summed E-state index contributed by atoms with van der Waals surface area (Å²) in [5, 5.41) is 1.03. The van der Waals surface area contributed by atoms with E-state index in [0.29, 0.717) is 0 Å². The van der Waals surface area contributed by atoms with Crippen molar-refractivity contribution in [2.75, 3.05) is 14.2 Å². The van der Waals surface area contributed by atoms with Crippen molar-refractivity contribution < 1.29 is 13.6 Å². The van der Waals surface area contributed by atoms with E-state index in [2.05, 4.69) is 0 Å². The quantitative estimate of drug-likeness (QED) is 0.772. The molecule has 0 saturated carbocycles. The van der Waals surface area contributed by atoms with Crippen LogP contribution in [-0.2, 0) is 8.85 Å². The van der Waals surface area contributed by atoms with Crippen molar-refractivity contribution in [1.29, 1.82) is 0 Å². The molecule has 18 heavy (non-hydrogen) atoms. The van der Waals surface area contributed by atoms with Crippen molar-refractivity contribution in [2.24, 2.45) is 0 Å². The van der Waals surface area contributed by atoms with Crippen molar-refractivity contribution in [3.8, 4) is 11.5 Å². The number of rotatable bonds is 5. The first-order valence-corrected chi connectivity index (χ1v) is 6.93. The molecule has 0 aliphatic heterocycles. The maximum atomic E-state index is 5.76. The van der Waals surface area contributed by atoms with Gasteiger partial charge in [-0.15, -0.1) is 0 Å². The zero-order chi connectivity index (χ0) is 12.8. The van der Waals surface area contributed by atoms with E-state index in [1.54, 1.807) is 14.2 Å². The van der Waals surface area contributed by atoms with Crippen molar-refractivity contribution >= 4 is 14.5 Å². The first-order valence-electron chi connectivity index (χ1n) is 5.62. The third-order valence-corrected chi connectivity index (χ3v) is 3.94. The fourth-order valence-electron chi connectivity index (χ4n) is 1.63. The summed E-state index contributed by atoms with van der Waals surface area (Å²) >= 11 is 0. The van der Waals surface area contributed by atoms with E-state index < -0.39 is 9.28 Å². The smallest absolute Gasteiger partial charge is 0.423 e. The van der Waals surface area contributed by atoms with Crippen LogP contribution in [0.25, 0.3) is 0 Å². The molecule has 0 saturated heterocycles. The molecule has 3 nitrogen and oxygen atoms in total. The van der Waals surface area contributed by atoms with Gasteiger partial charge in [-0.05, 0) is 29.5 Å². The molecule has 0 aliphatic carbocycles. The Balaban J connectivity index is 2.17. The van der Waals surface area contributed by atoms with Gasteiger partial charge in [-0.25, -0.2) is 0 Å². The molecule has 0 amide bonds. The molecule has 0 aromatic heterocycles. The first kappa shape index (κ1) is 12.8. The normalized spacial score (nSPS) is 10.6. The highest BCUT2D eigenvalue weighted by atomic mass is 28.3. The Labute approximate surface area is 109 Å². The molecule has 0 fully saturated rings. The van der Waals surface area contributed by atoms with Gasteiger partial charge >= 0.3 is 9.28 Å². The lowest BCUT2D eigenvalue weighted by molar-refractivity contribution is 0.292. The maximum Gasteiger partial charge on any atom is 0.423 e. The summed E-state index contributed by atoms with van der Waals surface area (Å²) in [6.45, 7) is 0. The second-order valence-corrected chi connectivity index (χ2v) is 5.61. The lowest BCUT2D eigenvalue weighted by Gasteiger charge is -2.11. The molecule has 0 N–H and O–H groups in total. The summed E-state index contributed by atoms with van der Waals surface area (Å²) < 4.78 is 16.4. The van der Waals surface area contributed by atoms with Crippen molar-refractivity contribution in [3.63, 3.8) is 0 Å². The predicted octanol–water partition coefficient (Wildman–Crippen LogP) is 2.47. The van der Waals surface area contributed by atoms with E-state index >= 15 is 0 Å². The Bertz CT molecular complexity index is 483. The van der Waals surface area contributed by atoms with E-state index in [1.807, 2.05) is 54.6 Å². The molecule has 1 radical (unpaired) electrons. The Morgan fingerprint density at radius 3 is 2.11 bits per heavy atom. The number of hydrogen-bond acceptors (Lipinski definition) is 3. The molecule has 0 bridgehead atoms. The van der Waals surface area contributed by atoms with Gasteiger partial charge in [0.15, 0.2) is 0 Å². The van der Waals surface area contributed by atoms with Gasteiger partial charge in [0.05, 0.1) is 0 Å². The van der Waals surface area contributed by atoms with Crippen LogP contribution in [0.2, 0.25) is 0 Å². The van der Waals surface area contributed by atoms with Crippen LogP contribution >= 0.6 is 0 Å². The molecule has 2 rings (SSSR count). The van der Waals surface area contributed by atoms with E-state index in [4.69, 9.17) is 13.6 Å². The Kier molecular flexibility index (Phi) is 4.52. The van der Waals surface area contributed by atoms with E-state index in [1.165, 1.54) is 0 Å². The van der Waals surface area contributed by atoms with Crippen LogP contribution in [0.3, 0.4) is 0 Å². The lowest BCUT2D eigenvalue weighted by Crippen LogP contribution is -2.34. The minimum absolute atomic E-state index is 0.787. The average molecular weight is 259 g/mol. The largest absolute Gasteiger partial charge is 0.457 e. The average Bonchev–Trinajstić information content (AvgIpc) is 2.42. The Hall–Kier alpha value is -1.62. The van der Waals surface area contributed by atoms with E-state index in [-0.39, 0.29) is 0 Å². The second kappa shape index (κ2) is 6.35. The molecule has 2 aromatic carbocycles. The second-order valence-electron chi connectivity index (χ2n) is 3.64. The van der Waals surface area contributed by atoms with Crippen LogP contribution in [0.4, 0.5) is 0 Å². The highest BCUT2D eigenvalue weighted by molar-refractivity contribution is 6.61. The minimum Gasteiger partial charge on any atom is -0.457 e. The number of hydrogen-bond donors (Lipinski definition) is 0. The van der Waals surface area contributed by atoms with Gasteiger partial charge < -0.3 is 13.6 Å². The summed E-state index contributed by atoms with van der Waals surface area (Å²) in [6.07, 6.45) is 0. The number of ether oxygens (including phenoxy) is 1. The van der Waals surface area contributed by atoms with Crippen LogP contribution in [-0.4, -0.2) is 23.5 Å². The SMILES string of the molecule is CO[Si](OC)c1cccc(Oc2ccccc2)c1. The fraction of sp³-hybridized carbons (Fsp3) is 0.143. The van der Waals surface area contributed by atoms with Gasteiger partial charge in [0, 0.05) is 14.2 Å². The molecule has 0 spiro atoms. The zero-order valence-corrected chi connectivity index (χ0v) is 11.4. The monoisotopic (exact) mass is 259 g/mol. The van der Waals surface area contributed by atoms with Crippen molar-refractivity contribution in [1.82, 2.24) is 0 Å². The summed E-state index contributed by atoms with van der Waals surface area (Å²) in [5.74, 6) is 1.61. The molecule has 0 aliphatic rings. The van der Waals surface area contributed by atoms with Crippen LogP contribution in [0.1, 0.15) is 0 Å². The lowest BCUT2D eigenvalue weighted by atomic mass is 10.3. The van der Waals surface area contributed by atoms with Crippen LogP contribution < -0.4 is 9.92 Å². The number of benzene rings is 2. The van der Waals surface area contributed by atoms with Crippen LogP contribution in [0.15, 0.2) is 54.6 Å². The van der Waals surface area contributed by atoms with Crippen molar-refractivity contribution in [3.05, 3.63) is 54.6 Å². The zero-order valence-electron chi connectivity index (χ0n) is 10.4.